The van der Waals surface area contributed by atoms with Gasteiger partial charge in [0.15, 0.2) is 5.16 Å². The zero-order chi connectivity index (χ0) is 11.3. The molecular formula is C10H15N3OS. The van der Waals surface area contributed by atoms with E-state index >= 15 is 0 Å². The van der Waals surface area contributed by atoms with Crippen LogP contribution in [0.25, 0.3) is 0 Å². The highest BCUT2D eigenvalue weighted by Crippen LogP contribution is 2.08. The number of carbonyl (C=O) groups is 1. The van der Waals surface area contributed by atoms with Crippen LogP contribution in [0.4, 0.5) is 0 Å². The first-order valence-corrected chi connectivity index (χ1v) is 6.10. The van der Waals surface area contributed by atoms with E-state index in [4.69, 9.17) is 0 Å². The average molecular weight is 225 g/mol. The van der Waals surface area contributed by atoms with E-state index in [1.165, 1.54) is 11.8 Å². The van der Waals surface area contributed by atoms with Crippen molar-refractivity contribution in [2.45, 2.75) is 19.0 Å². The molecule has 1 rings (SSSR count). The third-order valence-electron chi connectivity index (χ3n) is 2.11. The Labute approximate surface area is 94.1 Å². The van der Waals surface area contributed by atoms with Gasteiger partial charge >= 0.3 is 0 Å². The highest BCUT2D eigenvalue weighted by atomic mass is 32.2. The van der Waals surface area contributed by atoms with Crippen molar-refractivity contribution in [1.82, 2.24) is 14.9 Å². The van der Waals surface area contributed by atoms with Gasteiger partial charge in [0.25, 0.3) is 5.91 Å². The van der Waals surface area contributed by atoms with E-state index in [1.807, 2.05) is 20.1 Å². The van der Waals surface area contributed by atoms with Crippen LogP contribution in [0.5, 0.6) is 0 Å². The van der Waals surface area contributed by atoms with Gasteiger partial charge < -0.3 is 4.90 Å². The van der Waals surface area contributed by atoms with Gasteiger partial charge in [-0.05, 0) is 20.1 Å². The van der Waals surface area contributed by atoms with Gasteiger partial charge in [-0.1, -0.05) is 11.8 Å². The number of rotatable bonds is 4. The molecule has 0 fully saturated rings. The molecule has 0 aliphatic carbocycles. The fourth-order valence-corrected chi connectivity index (χ4v) is 1.54. The molecule has 4 nitrogen and oxygen atoms in total. The molecule has 1 aromatic rings. The van der Waals surface area contributed by atoms with Crippen LogP contribution >= 0.6 is 11.8 Å². The van der Waals surface area contributed by atoms with E-state index in [0.29, 0.717) is 23.8 Å². The quantitative estimate of drug-likeness (QED) is 0.578. The Balaban J connectivity index is 2.82. The molecule has 0 N–H and O–H groups in total. The second-order valence-corrected chi connectivity index (χ2v) is 3.71. The number of amides is 1. The lowest BCUT2D eigenvalue weighted by Crippen LogP contribution is -2.30. The molecule has 1 amide bonds. The van der Waals surface area contributed by atoms with Crippen LogP contribution in [-0.2, 0) is 0 Å². The van der Waals surface area contributed by atoms with Crippen molar-refractivity contribution in [3.63, 3.8) is 0 Å². The molecule has 0 aliphatic rings. The summed E-state index contributed by atoms with van der Waals surface area (Å²) in [7, 11) is 0. The largest absolute Gasteiger partial charge is 0.339 e. The van der Waals surface area contributed by atoms with E-state index in [2.05, 4.69) is 9.97 Å². The topological polar surface area (TPSA) is 46.1 Å². The first-order valence-electron chi connectivity index (χ1n) is 4.88. The summed E-state index contributed by atoms with van der Waals surface area (Å²) in [6, 6.07) is 0. The molecule has 0 aliphatic heterocycles. The Kier molecular flexibility index (Phi) is 4.55. The van der Waals surface area contributed by atoms with Crippen molar-refractivity contribution in [2.24, 2.45) is 0 Å². The third kappa shape index (κ3) is 2.92. The fourth-order valence-electron chi connectivity index (χ4n) is 1.23. The van der Waals surface area contributed by atoms with Crippen LogP contribution in [0.3, 0.4) is 0 Å². The Hall–Kier alpha value is -1.10. The SMILES string of the molecule is CCN(CC)C(=O)c1cnc(SC)nc1. The van der Waals surface area contributed by atoms with E-state index in [9.17, 15) is 4.79 Å². The van der Waals surface area contributed by atoms with Crippen LogP contribution in [0.15, 0.2) is 17.6 Å². The van der Waals surface area contributed by atoms with Crippen LogP contribution in [0.1, 0.15) is 24.2 Å². The molecule has 0 bridgehead atoms. The lowest BCUT2D eigenvalue weighted by Gasteiger charge is -2.17. The molecule has 0 atom stereocenters. The minimum Gasteiger partial charge on any atom is -0.339 e. The molecule has 0 saturated heterocycles. The Morgan fingerprint density at radius 2 is 1.87 bits per heavy atom. The number of hydrogen-bond donors (Lipinski definition) is 0. The van der Waals surface area contributed by atoms with Crippen molar-refractivity contribution >= 4 is 17.7 Å². The van der Waals surface area contributed by atoms with Gasteiger partial charge in [0.05, 0.1) is 5.56 Å². The van der Waals surface area contributed by atoms with Gasteiger partial charge in [0, 0.05) is 25.5 Å². The van der Waals surface area contributed by atoms with E-state index < -0.39 is 0 Å². The summed E-state index contributed by atoms with van der Waals surface area (Å²) >= 11 is 1.46. The average Bonchev–Trinajstić information content (AvgIpc) is 2.30. The number of carbonyl (C=O) groups excluding carboxylic acids is 1. The molecule has 1 heterocycles. The van der Waals surface area contributed by atoms with Gasteiger partial charge in [-0.15, -0.1) is 0 Å². The molecule has 5 heteroatoms. The number of aromatic nitrogens is 2. The summed E-state index contributed by atoms with van der Waals surface area (Å²) in [4.78, 5) is 21.7. The number of hydrogen-bond acceptors (Lipinski definition) is 4. The summed E-state index contributed by atoms with van der Waals surface area (Å²) in [6.07, 6.45) is 5.07. The smallest absolute Gasteiger partial charge is 0.256 e. The Morgan fingerprint density at radius 3 is 2.27 bits per heavy atom. The Morgan fingerprint density at radius 1 is 1.33 bits per heavy atom. The predicted molar refractivity (Wildman–Crippen MR) is 61.1 cm³/mol. The van der Waals surface area contributed by atoms with Crippen molar-refractivity contribution in [1.29, 1.82) is 0 Å². The zero-order valence-corrected chi connectivity index (χ0v) is 10.0. The third-order valence-corrected chi connectivity index (χ3v) is 2.68. The molecule has 0 aromatic carbocycles. The molecule has 0 spiro atoms. The van der Waals surface area contributed by atoms with E-state index in [1.54, 1.807) is 17.3 Å². The second-order valence-electron chi connectivity index (χ2n) is 2.94. The molecule has 0 unspecified atom stereocenters. The maximum absolute atomic E-state index is 11.8. The van der Waals surface area contributed by atoms with E-state index in [-0.39, 0.29) is 5.91 Å². The normalized spacial score (nSPS) is 10.1. The summed E-state index contributed by atoms with van der Waals surface area (Å²) in [5, 5.41) is 0.686. The van der Waals surface area contributed by atoms with Gasteiger partial charge in [0.1, 0.15) is 0 Å². The van der Waals surface area contributed by atoms with Gasteiger partial charge in [-0.3, -0.25) is 4.79 Å². The first-order chi connectivity index (χ1) is 7.22. The van der Waals surface area contributed by atoms with Crippen LogP contribution in [-0.4, -0.2) is 40.1 Å². The summed E-state index contributed by atoms with van der Waals surface area (Å²) in [5.41, 5.74) is 0.552. The molecule has 1 aromatic heterocycles. The molecular weight excluding hydrogens is 210 g/mol. The Bertz CT molecular complexity index is 322. The predicted octanol–water partition coefficient (Wildman–Crippen LogP) is 1.68. The molecule has 0 radical (unpaired) electrons. The van der Waals surface area contributed by atoms with Crippen molar-refractivity contribution in [3.05, 3.63) is 18.0 Å². The lowest BCUT2D eigenvalue weighted by atomic mass is 10.3. The lowest BCUT2D eigenvalue weighted by molar-refractivity contribution is 0.0772. The van der Waals surface area contributed by atoms with Crippen molar-refractivity contribution < 1.29 is 4.79 Å². The minimum atomic E-state index is -0.00680. The molecule has 15 heavy (non-hydrogen) atoms. The maximum Gasteiger partial charge on any atom is 0.256 e. The maximum atomic E-state index is 11.8. The fraction of sp³-hybridized carbons (Fsp3) is 0.500. The van der Waals surface area contributed by atoms with Crippen LogP contribution in [0, 0.1) is 0 Å². The molecule has 82 valence electrons. The minimum absolute atomic E-state index is 0.00680. The first kappa shape index (κ1) is 12.0. The zero-order valence-electron chi connectivity index (χ0n) is 9.23. The summed E-state index contributed by atoms with van der Waals surface area (Å²) in [5.74, 6) is -0.00680. The monoisotopic (exact) mass is 225 g/mol. The van der Waals surface area contributed by atoms with Crippen LogP contribution < -0.4 is 0 Å². The molecule has 0 saturated carbocycles. The van der Waals surface area contributed by atoms with Gasteiger partial charge in [0.2, 0.25) is 0 Å². The van der Waals surface area contributed by atoms with Crippen molar-refractivity contribution in [3.8, 4) is 0 Å². The number of thioether (sulfide) groups is 1. The van der Waals surface area contributed by atoms with Gasteiger partial charge in [-0.2, -0.15) is 0 Å². The van der Waals surface area contributed by atoms with Crippen LogP contribution in [0.2, 0.25) is 0 Å². The highest BCUT2D eigenvalue weighted by Gasteiger charge is 2.12. The summed E-state index contributed by atoms with van der Waals surface area (Å²) < 4.78 is 0. The highest BCUT2D eigenvalue weighted by molar-refractivity contribution is 7.98. The van der Waals surface area contributed by atoms with E-state index in [0.717, 1.165) is 0 Å². The number of nitrogens with zero attached hydrogens (tertiary/aromatic N) is 3. The second kappa shape index (κ2) is 5.70. The summed E-state index contributed by atoms with van der Waals surface area (Å²) in [6.45, 7) is 5.33. The van der Waals surface area contributed by atoms with Crippen molar-refractivity contribution in [2.75, 3.05) is 19.3 Å². The van der Waals surface area contributed by atoms with Gasteiger partial charge in [-0.25, -0.2) is 9.97 Å². The standard InChI is InChI=1S/C10H15N3OS/c1-4-13(5-2)9(14)8-6-11-10(15-3)12-7-8/h6-7H,4-5H2,1-3H3.